The number of amides is 1. The molecule has 0 saturated heterocycles. The summed E-state index contributed by atoms with van der Waals surface area (Å²) in [6, 6.07) is 16.7. The van der Waals surface area contributed by atoms with Gasteiger partial charge in [-0.3, -0.25) is 4.79 Å². The van der Waals surface area contributed by atoms with E-state index in [1.807, 2.05) is 48.5 Å². The first kappa shape index (κ1) is 20.1. The number of aromatic nitrogens is 2. The molecule has 0 aliphatic heterocycles. The Morgan fingerprint density at radius 3 is 2.34 bits per heavy atom. The van der Waals surface area contributed by atoms with Gasteiger partial charge in [-0.2, -0.15) is 5.10 Å². The van der Waals surface area contributed by atoms with Crippen LogP contribution in [0.3, 0.4) is 0 Å². The normalized spacial score (nSPS) is 11.6. The SMILES string of the molecule is COc1ccccc1-c1nn(-c2ccccc2)cc1C(=O)O[C@@H](C)C(=O)N(C)C. The van der Waals surface area contributed by atoms with Crippen molar-refractivity contribution in [2.24, 2.45) is 0 Å². The van der Waals surface area contributed by atoms with Crippen LogP contribution in [-0.2, 0) is 9.53 Å². The second kappa shape index (κ2) is 8.60. The van der Waals surface area contributed by atoms with Crippen molar-refractivity contribution in [3.63, 3.8) is 0 Å². The minimum absolute atomic E-state index is 0.247. The molecule has 0 aliphatic rings. The summed E-state index contributed by atoms with van der Waals surface area (Å²) in [4.78, 5) is 26.4. The fourth-order valence-corrected chi connectivity index (χ4v) is 2.91. The molecule has 0 radical (unpaired) electrons. The number of carbonyl (C=O) groups excluding carboxylic acids is 2. The molecule has 0 N–H and O–H groups in total. The van der Waals surface area contributed by atoms with E-state index in [4.69, 9.17) is 9.47 Å². The van der Waals surface area contributed by atoms with Gasteiger partial charge in [0, 0.05) is 25.9 Å². The first-order valence-electron chi connectivity index (χ1n) is 9.13. The second-order valence-corrected chi connectivity index (χ2v) is 6.65. The predicted molar refractivity (Wildman–Crippen MR) is 109 cm³/mol. The van der Waals surface area contributed by atoms with Crippen LogP contribution in [0.25, 0.3) is 16.9 Å². The molecular formula is C22H23N3O4. The van der Waals surface area contributed by atoms with E-state index in [0.29, 0.717) is 17.0 Å². The zero-order valence-corrected chi connectivity index (χ0v) is 16.8. The van der Waals surface area contributed by atoms with Crippen LogP contribution in [0.5, 0.6) is 5.75 Å². The number of para-hydroxylation sites is 2. The topological polar surface area (TPSA) is 73.7 Å². The van der Waals surface area contributed by atoms with Crippen molar-refractivity contribution in [2.75, 3.05) is 21.2 Å². The van der Waals surface area contributed by atoms with E-state index in [0.717, 1.165) is 5.69 Å². The minimum atomic E-state index is -0.914. The quantitative estimate of drug-likeness (QED) is 0.602. The highest BCUT2D eigenvalue weighted by molar-refractivity contribution is 5.98. The molecule has 7 nitrogen and oxygen atoms in total. The maximum Gasteiger partial charge on any atom is 0.342 e. The highest BCUT2D eigenvalue weighted by Gasteiger charge is 2.26. The summed E-state index contributed by atoms with van der Waals surface area (Å²) < 4.78 is 12.5. The Labute approximate surface area is 169 Å². The van der Waals surface area contributed by atoms with E-state index in [1.165, 1.54) is 4.90 Å². The number of methoxy groups -OCH3 is 1. The monoisotopic (exact) mass is 393 g/mol. The van der Waals surface area contributed by atoms with E-state index in [2.05, 4.69) is 5.10 Å². The van der Waals surface area contributed by atoms with Crippen LogP contribution in [0, 0.1) is 0 Å². The van der Waals surface area contributed by atoms with Crippen molar-refractivity contribution in [2.45, 2.75) is 13.0 Å². The van der Waals surface area contributed by atoms with Crippen molar-refractivity contribution >= 4 is 11.9 Å². The Bertz CT molecular complexity index is 1010. The van der Waals surface area contributed by atoms with Crippen LogP contribution in [-0.4, -0.2) is 53.9 Å². The largest absolute Gasteiger partial charge is 0.496 e. The Morgan fingerprint density at radius 2 is 1.69 bits per heavy atom. The molecule has 3 aromatic rings. The lowest BCUT2D eigenvalue weighted by Crippen LogP contribution is -2.34. The van der Waals surface area contributed by atoms with E-state index < -0.39 is 12.1 Å². The molecule has 0 saturated carbocycles. The maximum atomic E-state index is 12.9. The van der Waals surface area contributed by atoms with Gasteiger partial charge in [-0.15, -0.1) is 0 Å². The highest BCUT2D eigenvalue weighted by atomic mass is 16.5. The second-order valence-electron chi connectivity index (χ2n) is 6.65. The van der Waals surface area contributed by atoms with Gasteiger partial charge in [0.05, 0.1) is 12.8 Å². The van der Waals surface area contributed by atoms with Gasteiger partial charge in [-0.1, -0.05) is 30.3 Å². The van der Waals surface area contributed by atoms with Gasteiger partial charge in [0.2, 0.25) is 0 Å². The molecule has 7 heteroatoms. The third-order valence-electron chi connectivity index (χ3n) is 4.39. The molecule has 150 valence electrons. The molecule has 2 aromatic carbocycles. The third-order valence-corrected chi connectivity index (χ3v) is 4.39. The van der Waals surface area contributed by atoms with Gasteiger partial charge in [0.15, 0.2) is 6.10 Å². The van der Waals surface area contributed by atoms with Crippen LogP contribution in [0.4, 0.5) is 0 Å². The number of rotatable bonds is 6. The molecular weight excluding hydrogens is 370 g/mol. The van der Waals surface area contributed by atoms with Crippen LogP contribution >= 0.6 is 0 Å². The van der Waals surface area contributed by atoms with Gasteiger partial charge in [0.25, 0.3) is 5.91 Å². The molecule has 29 heavy (non-hydrogen) atoms. The van der Waals surface area contributed by atoms with E-state index >= 15 is 0 Å². The van der Waals surface area contributed by atoms with Gasteiger partial charge >= 0.3 is 5.97 Å². The van der Waals surface area contributed by atoms with E-state index in [-0.39, 0.29) is 11.5 Å². The number of esters is 1. The third kappa shape index (κ3) is 4.29. The summed E-state index contributed by atoms with van der Waals surface area (Å²) in [6.45, 7) is 1.55. The molecule has 3 rings (SSSR count). The lowest BCUT2D eigenvalue weighted by atomic mass is 10.1. The summed E-state index contributed by atoms with van der Waals surface area (Å²) in [5.74, 6) is -0.347. The Balaban J connectivity index is 2.06. The van der Waals surface area contributed by atoms with Crippen LogP contribution in [0.15, 0.2) is 60.8 Å². The molecule has 0 bridgehead atoms. The molecule has 0 fully saturated rings. The number of hydrogen-bond donors (Lipinski definition) is 0. The molecule has 0 aliphatic carbocycles. The standard InChI is InChI=1S/C22H23N3O4/c1-15(21(26)24(2)3)29-22(27)18-14-25(16-10-6-5-7-11-16)23-20(18)17-12-8-9-13-19(17)28-4/h5-15H,1-4H3/t15-/m0/s1. The predicted octanol–water partition coefficient (Wildman–Crippen LogP) is 3.18. The molecule has 1 amide bonds. The van der Waals surface area contributed by atoms with Crippen molar-refractivity contribution in [3.05, 3.63) is 66.4 Å². The molecule has 0 spiro atoms. The number of benzene rings is 2. The number of nitrogens with zero attached hydrogens (tertiary/aromatic N) is 3. The molecule has 1 heterocycles. The van der Waals surface area contributed by atoms with Crippen LogP contribution < -0.4 is 4.74 Å². The van der Waals surface area contributed by atoms with Crippen molar-refractivity contribution in [1.82, 2.24) is 14.7 Å². The fraction of sp³-hybridized carbons (Fsp3) is 0.227. The van der Waals surface area contributed by atoms with Crippen LogP contribution in [0.2, 0.25) is 0 Å². The van der Waals surface area contributed by atoms with Gasteiger partial charge in [-0.05, 0) is 31.2 Å². The number of carbonyl (C=O) groups is 2. The van der Waals surface area contributed by atoms with Gasteiger partial charge < -0.3 is 14.4 Å². The number of likely N-dealkylation sites (N-methyl/N-ethyl adjacent to an activating group) is 1. The van der Waals surface area contributed by atoms with Crippen molar-refractivity contribution in [3.8, 4) is 22.7 Å². The molecule has 1 atom stereocenters. The molecule has 1 aromatic heterocycles. The summed E-state index contributed by atoms with van der Waals surface area (Å²) in [5.41, 5.74) is 2.11. The number of hydrogen-bond acceptors (Lipinski definition) is 5. The lowest BCUT2D eigenvalue weighted by Gasteiger charge is -2.17. The Morgan fingerprint density at radius 1 is 1.03 bits per heavy atom. The summed E-state index contributed by atoms with van der Waals surface area (Å²) >= 11 is 0. The first-order valence-corrected chi connectivity index (χ1v) is 9.13. The zero-order chi connectivity index (χ0) is 21.0. The highest BCUT2D eigenvalue weighted by Crippen LogP contribution is 2.32. The van der Waals surface area contributed by atoms with Crippen LogP contribution in [0.1, 0.15) is 17.3 Å². The van der Waals surface area contributed by atoms with Crippen molar-refractivity contribution < 1.29 is 19.1 Å². The summed E-state index contributed by atoms with van der Waals surface area (Å²) in [7, 11) is 4.78. The van der Waals surface area contributed by atoms with Gasteiger partial charge in [-0.25, -0.2) is 9.48 Å². The molecule has 0 unspecified atom stereocenters. The van der Waals surface area contributed by atoms with Gasteiger partial charge in [0.1, 0.15) is 17.0 Å². The Hall–Kier alpha value is -3.61. The zero-order valence-electron chi connectivity index (χ0n) is 16.8. The summed E-state index contributed by atoms with van der Waals surface area (Å²) in [5, 5.41) is 4.61. The smallest absolute Gasteiger partial charge is 0.342 e. The fourth-order valence-electron chi connectivity index (χ4n) is 2.91. The minimum Gasteiger partial charge on any atom is -0.496 e. The summed E-state index contributed by atoms with van der Waals surface area (Å²) in [6.07, 6.45) is 0.690. The lowest BCUT2D eigenvalue weighted by molar-refractivity contribution is -0.137. The van der Waals surface area contributed by atoms with E-state index in [1.54, 1.807) is 45.1 Å². The average molecular weight is 393 g/mol. The van der Waals surface area contributed by atoms with E-state index in [9.17, 15) is 9.59 Å². The maximum absolute atomic E-state index is 12.9. The van der Waals surface area contributed by atoms with Crippen molar-refractivity contribution in [1.29, 1.82) is 0 Å². The average Bonchev–Trinajstić information content (AvgIpc) is 3.19. The Kier molecular flexibility index (Phi) is 5.97. The first-order chi connectivity index (χ1) is 13.9. The number of ether oxygens (including phenoxy) is 2.